The molecule has 0 aromatic carbocycles. The Morgan fingerprint density at radius 3 is 2.30 bits per heavy atom. The van der Waals surface area contributed by atoms with E-state index in [1.807, 2.05) is 20.8 Å². The van der Waals surface area contributed by atoms with Gasteiger partial charge in [0, 0.05) is 13.0 Å². The Hall–Kier alpha value is -1.90. The topological polar surface area (TPSA) is 78.9 Å². The number of amides is 2. The van der Waals surface area contributed by atoms with Crippen molar-refractivity contribution in [3.8, 4) is 12.3 Å². The third-order valence-electron chi connectivity index (χ3n) is 4.25. The molecule has 2 N–H and O–H groups in total. The van der Waals surface area contributed by atoms with Crippen LogP contribution in [0.4, 0.5) is 9.59 Å². The van der Waals surface area contributed by atoms with Crippen LogP contribution in [-0.2, 0) is 4.74 Å². The van der Waals surface area contributed by atoms with Crippen molar-refractivity contribution in [2.24, 2.45) is 5.41 Å². The van der Waals surface area contributed by atoms with Crippen molar-refractivity contribution in [2.45, 2.75) is 71.6 Å². The summed E-state index contributed by atoms with van der Waals surface area (Å²) in [6, 6.07) is -0.325. The van der Waals surface area contributed by atoms with E-state index in [1.165, 1.54) is 4.90 Å². The molecule has 1 fully saturated rings. The van der Waals surface area contributed by atoms with Gasteiger partial charge >= 0.3 is 12.2 Å². The smallest absolute Gasteiger partial charge is 0.407 e. The molecule has 1 saturated heterocycles. The summed E-state index contributed by atoms with van der Waals surface area (Å²) < 4.78 is 5.25. The monoisotopic (exact) mass is 324 g/mol. The van der Waals surface area contributed by atoms with Gasteiger partial charge in [0.2, 0.25) is 0 Å². The third kappa shape index (κ3) is 4.31. The lowest BCUT2D eigenvalue weighted by Gasteiger charge is -2.46. The largest absolute Gasteiger partial charge is 0.465 e. The maximum Gasteiger partial charge on any atom is 0.407 e. The summed E-state index contributed by atoms with van der Waals surface area (Å²) in [5.41, 5.74) is -1.68. The van der Waals surface area contributed by atoms with Gasteiger partial charge in [0.1, 0.15) is 5.60 Å². The van der Waals surface area contributed by atoms with E-state index in [0.717, 1.165) is 0 Å². The molecule has 2 atom stereocenters. The summed E-state index contributed by atoms with van der Waals surface area (Å²) in [4.78, 5) is 25.1. The van der Waals surface area contributed by atoms with Gasteiger partial charge in [-0.05, 0) is 32.6 Å². The second-order valence-corrected chi connectivity index (χ2v) is 8.10. The first-order valence-corrected chi connectivity index (χ1v) is 7.76. The number of nitrogens with one attached hydrogen (secondary N) is 1. The van der Waals surface area contributed by atoms with Crippen molar-refractivity contribution in [3.05, 3.63) is 0 Å². The molecule has 1 heterocycles. The van der Waals surface area contributed by atoms with Crippen LogP contribution in [-0.4, -0.2) is 45.9 Å². The Bertz CT molecular complexity index is 510. The van der Waals surface area contributed by atoms with Gasteiger partial charge in [-0.3, -0.25) is 4.90 Å². The highest BCUT2D eigenvalue weighted by atomic mass is 16.6. The maximum atomic E-state index is 12.0. The van der Waals surface area contributed by atoms with Crippen molar-refractivity contribution in [1.82, 2.24) is 10.2 Å². The maximum absolute atomic E-state index is 12.0. The molecule has 0 bridgehead atoms. The number of nitrogens with zero attached hydrogens (tertiary/aromatic N) is 1. The Morgan fingerprint density at radius 1 is 1.35 bits per heavy atom. The molecule has 1 rings (SSSR count). The fourth-order valence-electron chi connectivity index (χ4n) is 3.12. The molecule has 1 aliphatic rings. The molecule has 0 spiro atoms. The number of rotatable bonds is 2. The molecular weight excluding hydrogens is 296 g/mol. The van der Waals surface area contributed by atoms with Gasteiger partial charge in [-0.2, -0.15) is 0 Å². The molecule has 0 saturated carbocycles. The first kappa shape index (κ1) is 19.1. The van der Waals surface area contributed by atoms with E-state index in [0.29, 0.717) is 12.8 Å². The highest BCUT2D eigenvalue weighted by Gasteiger charge is 2.54. The molecule has 1 aliphatic heterocycles. The normalized spacial score (nSPS) is 24.9. The first-order valence-electron chi connectivity index (χ1n) is 7.76. The number of alkyl carbamates (subject to hydrolysis) is 1. The van der Waals surface area contributed by atoms with Crippen molar-refractivity contribution >= 4 is 12.2 Å². The van der Waals surface area contributed by atoms with Gasteiger partial charge in [-0.1, -0.05) is 20.8 Å². The van der Waals surface area contributed by atoms with E-state index in [2.05, 4.69) is 11.2 Å². The van der Waals surface area contributed by atoms with Crippen molar-refractivity contribution in [1.29, 1.82) is 0 Å². The number of carbonyl (C=O) groups is 2. The minimum Gasteiger partial charge on any atom is -0.465 e. The predicted molar refractivity (Wildman–Crippen MR) is 88.1 cm³/mol. The molecular formula is C17H28N2O4. The van der Waals surface area contributed by atoms with Gasteiger partial charge in [-0.15, -0.1) is 12.3 Å². The molecule has 0 radical (unpaired) electrons. The molecule has 130 valence electrons. The van der Waals surface area contributed by atoms with Crippen LogP contribution in [0.2, 0.25) is 0 Å². The number of ether oxygens (including phenoxy) is 1. The van der Waals surface area contributed by atoms with E-state index < -0.39 is 23.3 Å². The minimum atomic E-state index is -1.02. The van der Waals surface area contributed by atoms with E-state index in [4.69, 9.17) is 11.2 Å². The van der Waals surface area contributed by atoms with Crippen LogP contribution in [0.5, 0.6) is 0 Å². The quantitative estimate of drug-likeness (QED) is 0.765. The fourth-order valence-corrected chi connectivity index (χ4v) is 3.12. The van der Waals surface area contributed by atoms with Gasteiger partial charge < -0.3 is 15.2 Å². The molecule has 6 nitrogen and oxygen atoms in total. The highest BCUT2D eigenvalue weighted by molar-refractivity contribution is 5.70. The van der Waals surface area contributed by atoms with Crippen LogP contribution >= 0.6 is 0 Å². The van der Waals surface area contributed by atoms with Crippen LogP contribution in [0.1, 0.15) is 54.4 Å². The SMILES string of the molecule is C#CC[C@@]1(C(C)(C)C)C[C@@H](NC(=O)OC(C)(C)C)CN1C(=O)O. The zero-order valence-corrected chi connectivity index (χ0v) is 14.9. The average molecular weight is 324 g/mol. The van der Waals surface area contributed by atoms with Crippen molar-refractivity contribution in [2.75, 3.05) is 6.54 Å². The highest BCUT2D eigenvalue weighted by Crippen LogP contribution is 2.46. The van der Waals surface area contributed by atoms with E-state index in [-0.39, 0.29) is 18.0 Å². The summed E-state index contributed by atoms with van der Waals surface area (Å²) >= 11 is 0. The van der Waals surface area contributed by atoms with Gasteiger partial charge in [-0.25, -0.2) is 9.59 Å². The summed E-state index contributed by atoms with van der Waals surface area (Å²) in [6.45, 7) is 11.4. The number of carbonyl (C=O) groups excluding carboxylic acids is 1. The zero-order valence-electron chi connectivity index (χ0n) is 14.9. The molecule has 0 aromatic rings. The molecule has 23 heavy (non-hydrogen) atoms. The van der Waals surface area contributed by atoms with Gasteiger partial charge in [0.15, 0.2) is 0 Å². The summed E-state index contributed by atoms with van der Waals surface area (Å²) in [5.74, 6) is 2.61. The number of likely N-dealkylation sites (tertiary alicyclic amines) is 1. The van der Waals surface area contributed by atoms with Crippen LogP contribution in [0.3, 0.4) is 0 Å². The Kier molecular flexibility index (Phi) is 5.25. The van der Waals surface area contributed by atoms with Gasteiger partial charge in [0.25, 0.3) is 0 Å². The van der Waals surface area contributed by atoms with Crippen molar-refractivity contribution < 1.29 is 19.4 Å². The average Bonchev–Trinajstić information content (AvgIpc) is 2.66. The molecule has 0 aliphatic carbocycles. The predicted octanol–water partition coefficient (Wildman–Crippen LogP) is 3.07. The lowest BCUT2D eigenvalue weighted by molar-refractivity contribution is 0.0342. The summed E-state index contributed by atoms with van der Waals surface area (Å²) in [5, 5.41) is 12.4. The number of terminal acetylenes is 1. The molecule has 6 heteroatoms. The van der Waals surface area contributed by atoms with E-state index >= 15 is 0 Å². The lowest BCUT2D eigenvalue weighted by Crippen LogP contribution is -2.55. The molecule has 0 aromatic heterocycles. The summed E-state index contributed by atoms with van der Waals surface area (Å²) in [6.07, 6.45) is 4.70. The number of carboxylic acid groups (broad SMARTS) is 1. The molecule has 0 unspecified atom stereocenters. The van der Waals surface area contributed by atoms with Crippen molar-refractivity contribution in [3.63, 3.8) is 0 Å². The standard InChI is InChI=1S/C17H28N2O4/c1-8-9-17(15(2,3)4)10-12(11-19(17)14(21)22)18-13(20)23-16(5,6)7/h1,12H,9-11H2,2-7H3,(H,18,20)(H,21,22)/t12-,17+/m1/s1. The first-order chi connectivity index (χ1) is 10.3. The van der Waals surface area contributed by atoms with Crippen LogP contribution in [0, 0.1) is 17.8 Å². The lowest BCUT2D eigenvalue weighted by atomic mass is 9.69. The second-order valence-electron chi connectivity index (χ2n) is 8.10. The van der Waals surface area contributed by atoms with Gasteiger partial charge in [0.05, 0.1) is 11.6 Å². The van der Waals surface area contributed by atoms with E-state index in [1.54, 1.807) is 20.8 Å². The van der Waals surface area contributed by atoms with Crippen LogP contribution < -0.4 is 5.32 Å². The third-order valence-corrected chi connectivity index (χ3v) is 4.25. The fraction of sp³-hybridized carbons (Fsp3) is 0.765. The Balaban J connectivity index is 3.00. The molecule has 2 amide bonds. The zero-order chi connectivity index (χ0) is 18.1. The summed E-state index contributed by atoms with van der Waals surface area (Å²) in [7, 11) is 0. The Morgan fingerprint density at radius 2 is 1.91 bits per heavy atom. The van der Waals surface area contributed by atoms with E-state index in [9.17, 15) is 14.7 Å². The number of hydrogen-bond acceptors (Lipinski definition) is 3. The Labute approximate surface area is 138 Å². The number of hydrogen-bond donors (Lipinski definition) is 2. The van der Waals surface area contributed by atoms with Crippen LogP contribution in [0.25, 0.3) is 0 Å². The second kappa shape index (κ2) is 6.31. The van der Waals surface area contributed by atoms with Crippen LogP contribution in [0.15, 0.2) is 0 Å². The minimum absolute atomic E-state index is 0.202.